The van der Waals surface area contributed by atoms with Crippen LogP contribution in [0.4, 0.5) is 4.79 Å². The second kappa shape index (κ2) is 7.70. The first kappa shape index (κ1) is 16.2. The van der Waals surface area contributed by atoms with E-state index in [0.717, 1.165) is 25.7 Å². The van der Waals surface area contributed by atoms with E-state index < -0.39 is 5.60 Å². The SMILES string of the molecule is CC(C)(C)OC(=O)NCC1CCC(NCCO)CC1. The molecule has 0 aromatic rings. The molecule has 19 heavy (non-hydrogen) atoms. The maximum absolute atomic E-state index is 11.5. The summed E-state index contributed by atoms with van der Waals surface area (Å²) in [5.41, 5.74) is -0.435. The highest BCUT2D eigenvalue weighted by atomic mass is 16.6. The smallest absolute Gasteiger partial charge is 0.407 e. The van der Waals surface area contributed by atoms with Crippen molar-refractivity contribution in [3.8, 4) is 0 Å². The zero-order chi connectivity index (χ0) is 14.3. The third kappa shape index (κ3) is 7.38. The number of nitrogens with one attached hydrogen (secondary N) is 2. The molecular formula is C14H28N2O3. The number of rotatable bonds is 5. The van der Waals surface area contributed by atoms with Crippen LogP contribution in [0.3, 0.4) is 0 Å². The minimum absolute atomic E-state index is 0.195. The van der Waals surface area contributed by atoms with E-state index >= 15 is 0 Å². The molecule has 1 fully saturated rings. The van der Waals surface area contributed by atoms with E-state index in [0.29, 0.717) is 25.0 Å². The maximum atomic E-state index is 11.5. The summed E-state index contributed by atoms with van der Waals surface area (Å²) in [7, 11) is 0. The fraction of sp³-hybridized carbons (Fsp3) is 0.929. The summed E-state index contributed by atoms with van der Waals surface area (Å²) in [4.78, 5) is 11.5. The molecule has 1 aliphatic rings. The molecule has 1 saturated carbocycles. The van der Waals surface area contributed by atoms with Crippen molar-refractivity contribution in [2.24, 2.45) is 5.92 Å². The maximum Gasteiger partial charge on any atom is 0.407 e. The van der Waals surface area contributed by atoms with Crippen LogP contribution in [0.2, 0.25) is 0 Å². The predicted molar refractivity (Wildman–Crippen MR) is 75.1 cm³/mol. The van der Waals surface area contributed by atoms with Crippen LogP contribution < -0.4 is 10.6 Å². The molecule has 0 bridgehead atoms. The minimum Gasteiger partial charge on any atom is -0.444 e. The second-order valence-electron chi connectivity index (χ2n) is 6.28. The van der Waals surface area contributed by atoms with Gasteiger partial charge in [-0.15, -0.1) is 0 Å². The summed E-state index contributed by atoms with van der Waals surface area (Å²) in [5, 5.41) is 14.9. The molecule has 1 aliphatic carbocycles. The Kier molecular flexibility index (Phi) is 6.58. The number of aliphatic hydroxyl groups is 1. The van der Waals surface area contributed by atoms with Crippen LogP contribution in [-0.4, -0.2) is 42.5 Å². The molecule has 0 aromatic heterocycles. The molecule has 0 unspecified atom stereocenters. The van der Waals surface area contributed by atoms with Gasteiger partial charge >= 0.3 is 6.09 Å². The van der Waals surface area contributed by atoms with E-state index in [4.69, 9.17) is 9.84 Å². The van der Waals surface area contributed by atoms with Crippen LogP contribution >= 0.6 is 0 Å². The van der Waals surface area contributed by atoms with Crippen molar-refractivity contribution in [1.29, 1.82) is 0 Å². The van der Waals surface area contributed by atoms with Crippen LogP contribution in [0.15, 0.2) is 0 Å². The fourth-order valence-corrected chi connectivity index (χ4v) is 2.38. The molecule has 0 radical (unpaired) electrons. The Hall–Kier alpha value is -0.810. The molecule has 5 heteroatoms. The lowest BCUT2D eigenvalue weighted by Gasteiger charge is -2.29. The first-order valence-electron chi connectivity index (χ1n) is 7.22. The van der Waals surface area contributed by atoms with Gasteiger partial charge in [0.25, 0.3) is 0 Å². The molecule has 0 aliphatic heterocycles. The number of hydrogen-bond donors (Lipinski definition) is 3. The molecular weight excluding hydrogens is 244 g/mol. The van der Waals surface area contributed by atoms with Crippen LogP contribution in [0.1, 0.15) is 46.5 Å². The predicted octanol–water partition coefficient (Wildman–Crippen LogP) is 1.65. The normalized spacial score (nSPS) is 24.0. The Morgan fingerprint density at radius 3 is 2.42 bits per heavy atom. The number of amides is 1. The van der Waals surface area contributed by atoms with E-state index in [1.165, 1.54) is 0 Å². The zero-order valence-corrected chi connectivity index (χ0v) is 12.4. The summed E-state index contributed by atoms with van der Waals surface area (Å²) < 4.78 is 5.21. The van der Waals surface area contributed by atoms with Gasteiger partial charge in [-0.3, -0.25) is 0 Å². The number of alkyl carbamates (subject to hydrolysis) is 1. The summed E-state index contributed by atoms with van der Waals surface area (Å²) in [5.74, 6) is 0.541. The van der Waals surface area contributed by atoms with Crippen LogP contribution in [-0.2, 0) is 4.74 Å². The van der Waals surface area contributed by atoms with Gasteiger partial charge in [0.05, 0.1) is 6.61 Å². The minimum atomic E-state index is -0.435. The molecule has 0 spiro atoms. The van der Waals surface area contributed by atoms with Crippen molar-refractivity contribution in [2.45, 2.75) is 58.1 Å². The Bertz CT molecular complexity index is 268. The first-order chi connectivity index (χ1) is 8.90. The van der Waals surface area contributed by atoms with E-state index in [9.17, 15) is 4.79 Å². The molecule has 5 nitrogen and oxygen atoms in total. The molecule has 1 amide bonds. The fourth-order valence-electron chi connectivity index (χ4n) is 2.38. The van der Waals surface area contributed by atoms with E-state index in [1.54, 1.807) is 0 Å². The van der Waals surface area contributed by atoms with Gasteiger partial charge in [-0.1, -0.05) is 0 Å². The Morgan fingerprint density at radius 2 is 1.89 bits per heavy atom. The van der Waals surface area contributed by atoms with Gasteiger partial charge in [0, 0.05) is 19.1 Å². The van der Waals surface area contributed by atoms with E-state index in [-0.39, 0.29) is 12.7 Å². The van der Waals surface area contributed by atoms with Gasteiger partial charge in [-0.2, -0.15) is 0 Å². The lowest BCUT2D eigenvalue weighted by atomic mass is 9.86. The van der Waals surface area contributed by atoms with Crippen LogP contribution in [0.5, 0.6) is 0 Å². The van der Waals surface area contributed by atoms with Crippen molar-refractivity contribution in [1.82, 2.24) is 10.6 Å². The van der Waals surface area contributed by atoms with Crippen molar-refractivity contribution in [3.05, 3.63) is 0 Å². The summed E-state index contributed by atoms with van der Waals surface area (Å²) in [6, 6.07) is 0.518. The standard InChI is InChI=1S/C14H28N2O3/c1-14(2,3)19-13(18)16-10-11-4-6-12(7-5-11)15-8-9-17/h11-12,15,17H,4-10H2,1-3H3,(H,16,18). The van der Waals surface area contributed by atoms with Gasteiger partial charge < -0.3 is 20.5 Å². The third-order valence-corrected chi connectivity index (χ3v) is 3.33. The zero-order valence-electron chi connectivity index (χ0n) is 12.4. The summed E-state index contributed by atoms with van der Waals surface area (Å²) >= 11 is 0. The number of carbonyl (C=O) groups excluding carboxylic acids is 1. The third-order valence-electron chi connectivity index (χ3n) is 3.33. The van der Waals surface area contributed by atoms with Crippen molar-refractivity contribution < 1.29 is 14.6 Å². The topological polar surface area (TPSA) is 70.6 Å². The molecule has 1 rings (SSSR count). The van der Waals surface area contributed by atoms with Gasteiger partial charge in [0.15, 0.2) is 0 Å². The van der Waals surface area contributed by atoms with Crippen LogP contribution in [0.25, 0.3) is 0 Å². The van der Waals surface area contributed by atoms with Gasteiger partial charge in [-0.25, -0.2) is 4.79 Å². The average Bonchev–Trinajstić information content (AvgIpc) is 2.33. The lowest BCUT2D eigenvalue weighted by Crippen LogP contribution is -2.39. The molecule has 0 aromatic carbocycles. The number of hydrogen-bond acceptors (Lipinski definition) is 4. The summed E-state index contributed by atoms with van der Waals surface area (Å²) in [6.45, 7) is 7.16. The van der Waals surface area contributed by atoms with Gasteiger partial charge in [0.2, 0.25) is 0 Å². The van der Waals surface area contributed by atoms with Crippen molar-refractivity contribution in [2.75, 3.05) is 19.7 Å². The number of carbonyl (C=O) groups is 1. The second-order valence-corrected chi connectivity index (χ2v) is 6.28. The highest BCUT2D eigenvalue weighted by molar-refractivity contribution is 5.67. The number of ether oxygens (including phenoxy) is 1. The van der Waals surface area contributed by atoms with E-state index in [2.05, 4.69) is 10.6 Å². The van der Waals surface area contributed by atoms with Crippen molar-refractivity contribution in [3.63, 3.8) is 0 Å². The average molecular weight is 272 g/mol. The van der Waals surface area contributed by atoms with E-state index in [1.807, 2.05) is 20.8 Å². The largest absolute Gasteiger partial charge is 0.444 e. The molecule has 0 atom stereocenters. The van der Waals surface area contributed by atoms with Gasteiger partial charge in [-0.05, 0) is 52.4 Å². The Morgan fingerprint density at radius 1 is 1.26 bits per heavy atom. The first-order valence-corrected chi connectivity index (χ1v) is 7.22. The Labute approximate surface area is 116 Å². The highest BCUT2D eigenvalue weighted by Crippen LogP contribution is 2.23. The molecule has 0 heterocycles. The molecule has 3 N–H and O–H groups in total. The summed E-state index contributed by atoms with van der Waals surface area (Å²) in [6.07, 6.45) is 4.12. The van der Waals surface area contributed by atoms with Gasteiger partial charge in [0.1, 0.15) is 5.60 Å². The molecule has 0 saturated heterocycles. The lowest BCUT2D eigenvalue weighted by molar-refractivity contribution is 0.0514. The van der Waals surface area contributed by atoms with Crippen LogP contribution in [0, 0.1) is 5.92 Å². The Balaban J connectivity index is 2.14. The van der Waals surface area contributed by atoms with Crippen molar-refractivity contribution >= 4 is 6.09 Å². The monoisotopic (exact) mass is 272 g/mol. The highest BCUT2D eigenvalue weighted by Gasteiger charge is 2.22. The molecule has 112 valence electrons. The number of aliphatic hydroxyl groups excluding tert-OH is 1. The quantitative estimate of drug-likeness (QED) is 0.712.